The maximum absolute atomic E-state index is 6.06. The molecule has 0 aliphatic carbocycles. The summed E-state index contributed by atoms with van der Waals surface area (Å²) >= 11 is 6.06. The zero-order valence-corrected chi connectivity index (χ0v) is 8.40. The van der Waals surface area contributed by atoms with Gasteiger partial charge in [-0.05, 0) is 6.07 Å². The van der Waals surface area contributed by atoms with Crippen LogP contribution in [0.1, 0.15) is 11.3 Å². The van der Waals surface area contributed by atoms with Crippen LogP contribution in [0.4, 0.5) is 0 Å². The van der Waals surface area contributed by atoms with Crippen LogP contribution in [0.3, 0.4) is 0 Å². The normalized spacial score (nSPS) is 15.8. The molecule has 1 aromatic heterocycles. The average molecular weight is 208 g/mol. The van der Waals surface area contributed by atoms with E-state index in [1.54, 1.807) is 0 Å². The van der Waals surface area contributed by atoms with Crippen LogP contribution >= 0.6 is 11.6 Å². The van der Waals surface area contributed by atoms with Crippen LogP contribution in [-0.4, -0.2) is 6.54 Å². The molecule has 1 aromatic carbocycles. The summed E-state index contributed by atoms with van der Waals surface area (Å²) in [5.74, 6) is 1.09. The summed E-state index contributed by atoms with van der Waals surface area (Å²) in [4.78, 5) is 0. The number of benzene rings is 1. The first-order valence-corrected chi connectivity index (χ1v) is 5.13. The summed E-state index contributed by atoms with van der Waals surface area (Å²) in [5.41, 5.74) is 2.11. The third-order valence-corrected chi connectivity index (χ3v) is 2.98. The standard InChI is InChI=1S/C11H10ClNO/c12-9-3-1-2-7-8-6-13-5-4-10(8)14-11(7)9/h1-3,13H,4-6H2. The minimum Gasteiger partial charge on any atom is -0.459 e. The molecular formula is C11H10ClNO. The molecule has 0 radical (unpaired) electrons. The van der Waals surface area contributed by atoms with Gasteiger partial charge < -0.3 is 9.73 Å². The number of furan rings is 1. The number of fused-ring (bicyclic) bond motifs is 3. The predicted octanol–water partition coefficient (Wildman–Crippen LogP) is 2.73. The molecule has 0 fully saturated rings. The van der Waals surface area contributed by atoms with E-state index in [9.17, 15) is 0 Å². The quantitative estimate of drug-likeness (QED) is 0.719. The lowest BCUT2D eigenvalue weighted by atomic mass is 10.1. The molecule has 2 heterocycles. The van der Waals surface area contributed by atoms with Gasteiger partial charge in [0.25, 0.3) is 0 Å². The highest BCUT2D eigenvalue weighted by molar-refractivity contribution is 6.34. The van der Waals surface area contributed by atoms with E-state index in [0.29, 0.717) is 5.02 Å². The van der Waals surface area contributed by atoms with Crippen molar-refractivity contribution in [3.8, 4) is 0 Å². The molecule has 2 aromatic rings. The molecule has 1 N–H and O–H groups in total. The van der Waals surface area contributed by atoms with E-state index < -0.39 is 0 Å². The van der Waals surface area contributed by atoms with Gasteiger partial charge >= 0.3 is 0 Å². The zero-order chi connectivity index (χ0) is 9.54. The van der Waals surface area contributed by atoms with Gasteiger partial charge in [0.05, 0.1) is 5.02 Å². The van der Waals surface area contributed by atoms with Crippen molar-refractivity contribution < 1.29 is 4.42 Å². The highest BCUT2D eigenvalue weighted by Crippen LogP contribution is 2.32. The topological polar surface area (TPSA) is 25.2 Å². The molecule has 72 valence electrons. The smallest absolute Gasteiger partial charge is 0.153 e. The molecule has 3 rings (SSSR count). The maximum atomic E-state index is 6.06. The first-order chi connectivity index (χ1) is 6.86. The number of nitrogens with one attached hydrogen (secondary N) is 1. The van der Waals surface area contributed by atoms with Crippen LogP contribution < -0.4 is 5.32 Å². The van der Waals surface area contributed by atoms with Crippen LogP contribution in [-0.2, 0) is 13.0 Å². The third-order valence-electron chi connectivity index (χ3n) is 2.68. The van der Waals surface area contributed by atoms with Crippen molar-refractivity contribution in [3.63, 3.8) is 0 Å². The highest BCUT2D eigenvalue weighted by Gasteiger charge is 2.18. The minimum absolute atomic E-state index is 0.705. The number of para-hydroxylation sites is 1. The summed E-state index contributed by atoms with van der Waals surface area (Å²) in [7, 11) is 0. The van der Waals surface area contributed by atoms with E-state index in [2.05, 4.69) is 11.4 Å². The molecule has 0 saturated carbocycles. The van der Waals surface area contributed by atoms with Crippen molar-refractivity contribution in [2.45, 2.75) is 13.0 Å². The summed E-state index contributed by atoms with van der Waals surface area (Å²) < 4.78 is 5.75. The number of halogens is 1. The number of rotatable bonds is 0. The Hall–Kier alpha value is -0.990. The molecule has 0 unspecified atom stereocenters. The molecule has 1 aliphatic rings. The molecule has 3 heteroatoms. The van der Waals surface area contributed by atoms with Crippen LogP contribution in [0.5, 0.6) is 0 Å². The van der Waals surface area contributed by atoms with Gasteiger partial charge in [-0.2, -0.15) is 0 Å². The Morgan fingerprint density at radius 2 is 2.29 bits per heavy atom. The molecule has 1 aliphatic heterocycles. The number of hydrogen-bond acceptors (Lipinski definition) is 2. The second-order valence-corrected chi connectivity index (χ2v) is 3.95. The van der Waals surface area contributed by atoms with Gasteiger partial charge in [0.2, 0.25) is 0 Å². The largest absolute Gasteiger partial charge is 0.459 e. The van der Waals surface area contributed by atoms with Crippen molar-refractivity contribution in [1.29, 1.82) is 0 Å². The van der Waals surface area contributed by atoms with Gasteiger partial charge in [0.1, 0.15) is 5.76 Å². The lowest BCUT2D eigenvalue weighted by molar-refractivity contribution is 0.500. The zero-order valence-electron chi connectivity index (χ0n) is 7.64. The lowest BCUT2D eigenvalue weighted by Crippen LogP contribution is -2.22. The van der Waals surface area contributed by atoms with Crippen LogP contribution in [0, 0.1) is 0 Å². The summed E-state index contributed by atoms with van der Waals surface area (Å²) in [6, 6.07) is 5.90. The Bertz CT molecular complexity index is 489. The second-order valence-electron chi connectivity index (χ2n) is 3.55. The second kappa shape index (κ2) is 3.01. The van der Waals surface area contributed by atoms with E-state index in [-0.39, 0.29) is 0 Å². The fourth-order valence-electron chi connectivity index (χ4n) is 2.00. The van der Waals surface area contributed by atoms with Gasteiger partial charge in [-0.15, -0.1) is 0 Å². The Balaban J connectivity index is 2.36. The lowest BCUT2D eigenvalue weighted by Gasteiger charge is -2.10. The van der Waals surface area contributed by atoms with E-state index in [4.69, 9.17) is 16.0 Å². The highest BCUT2D eigenvalue weighted by atomic mass is 35.5. The van der Waals surface area contributed by atoms with E-state index in [1.165, 1.54) is 5.56 Å². The Morgan fingerprint density at radius 1 is 1.36 bits per heavy atom. The fraction of sp³-hybridized carbons (Fsp3) is 0.273. The molecular weight excluding hydrogens is 198 g/mol. The molecule has 2 nitrogen and oxygen atoms in total. The van der Waals surface area contributed by atoms with E-state index in [1.807, 2.05) is 12.1 Å². The maximum Gasteiger partial charge on any atom is 0.153 e. The Morgan fingerprint density at radius 3 is 3.21 bits per heavy atom. The van der Waals surface area contributed by atoms with Gasteiger partial charge in [0.15, 0.2) is 5.58 Å². The SMILES string of the molecule is Clc1cccc2c3c(oc12)CCNC3. The van der Waals surface area contributed by atoms with E-state index >= 15 is 0 Å². The third kappa shape index (κ3) is 1.08. The monoisotopic (exact) mass is 207 g/mol. The average Bonchev–Trinajstić information content (AvgIpc) is 2.59. The Labute approximate surface area is 86.8 Å². The fourth-order valence-corrected chi connectivity index (χ4v) is 2.21. The van der Waals surface area contributed by atoms with Crippen molar-refractivity contribution >= 4 is 22.6 Å². The van der Waals surface area contributed by atoms with Crippen LogP contribution in [0.2, 0.25) is 5.02 Å². The van der Waals surface area contributed by atoms with Crippen LogP contribution in [0.25, 0.3) is 11.0 Å². The Kier molecular flexibility index (Phi) is 1.79. The van der Waals surface area contributed by atoms with Crippen molar-refractivity contribution in [2.75, 3.05) is 6.54 Å². The van der Waals surface area contributed by atoms with Crippen molar-refractivity contribution in [2.24, 2.45) is 0 Å². The van der Waals surface area contributed by atoms with Crippen LogP contribution in [0.15, 0.2) is 22.6 Å². The molecule has 0 bridgehead atoms. The van der Waals surface area contributed by atoms with Crippen molar-refractivity contribution in [1.82, 2.24) is 5.32 Å². The van der Waals surface area contributed by atoms with Gasteiger partial charge in [-0.1, -0.05) is 23.7 Å². The first kappa shape index (κ1) is 8.33. The molecule has 0 spiro atoms. The van der Waals surface area contributed by atoms with Gasteiger partial charge in [-0.25, -0.2) is 0 Å². The summed E-state index contributed by atoms with van der Waals surface area (Å²) in [6.45, 7) is 1.88. The summed E-state index contributed by atoms with van der Waals surface area (Å²) in [6.07, 6.45) is 0.959. The molecule has 0 amide bonds. The minimum atomic E-state index is 0.705. The molecule has 0 atom stereocenters. The predicted molar refractivity (Wildman–Crippen MR) is 56.6 cm³/mol. The molecule has 14 heavy (non-hydrogen) atoms. The number of hydrogen-bond donors (Lipinski definition) is 1. The van der Waals surface area contributed by atoms with Gasteiger partial charge in [-0.3, -0.25) is 0 Å². The molecule has 0 saturated heterocycles. The summed E-state index contributed by atoms with van der Waals surface area (Å²) in [5, 5.41) is 5.19. The van der Waals surface area contributed by atoms with Crippen molar-refractivity contribution in [3.05, 3.63) is 34.5 Å². The first-order valence-electron chi connectivity index (χ1n) is 4.76. The van der Waals surface area contributed by atoms with Gasteiger partial charge in [0, 0.05) is 30.5 Å². The van der Waals surface area contributed by atoms with E-state index in [0.717, 1.165) is 36.2 Å².